The van der Waals surface area contributed by atoms with E-state index in [-0.39, 0.29) is 11.7 Å². The minimum atomic E-state index is -3.65. The van der Waals surface area contributed by atoms with Crippen molar-refractivity contribution in [2.24, 2.45) is 5.41 Å². The summed E-state index contributed by atoms with van der Waals surface area (Å²) in [6.07, 6.45) is 4.35. The highest BCUT2D eigenvalue weighted by atomic mass is 32.2. The van der Waals surface area contributed by atoms with Gasteiger partial charge in [-0.25, -0.2) is 8.42 Å². The van der Waals surface area contributed by atoms with Crippen molar-refractivity contribution < 1.29 is 22.8 Å². The van der Waals surface area contributed by atoms with E-state index in [2.05, 4.69) is 33.0 Å². The molecule has 1 heterocycles. The Kier molecular flexibility index (Phi) is 12.3. The number of hydrogen-bond donors (Lipinski definition) is 2. The molecule has 2 aromatic carbocycles. The molecule has 3 atom stereocenters. The van der Waals surface area contributed by atoms with Gasteiger partial charge in [0, 0.05) is 43.2 Å². The topological polar surface area (TPSA) is 86.7 Å². The number of anilines is 2. The predicted molar refractivity (Wildman–Crippen MR) is 179 cm³/mol. The third-order valence-electron chi connectivity index (χ3n) is 10.2. The first-order chi connectivity index (χ1) is 20.4. The highest BCUT2D eigenvalue weighted by molar-refractivity contribution is 7.91. The summed E-state index contributed by atoms with van der Waals surface area (Å²) in [5, 5.41) is 15.3. The second kappa shape index (κ2) is 15.0. The molecule has 0 spiro atoms. The summed E-state index contributed by atoms with van der Waals surface area (Å²) >= 11 is 0. The molecule has 240 valence electrons. The van der Waals surface area contributed by atoms with Crippen LogP contribution in [-0.4, -0.2) is 76.0 Å². The van der Waals surface area contributed by atoms with Crippen LogP contribution in [0.5, 0.6) is 0 Å². The molecular weight excluding hydrogens is 558 g/mol. The van der Waals surface area contributed by atoms with Gasteiger partial charge in [-0.15, -0.1) is 0 Å². The third kappa shape index (κ3) is 8.00. The Bertz CT molecular complexity index is 1310. The van der Waals surface area contributed by atoms with Crippen molar-refractivity contribution in [2.45, 2.75) is 96.5 Å². The Balaban J connectivity index is 1.95. The lowest BCUT2D eigenvalue weighted by atomic mass is 9.69. The summed E-state index contributed by atoms with van der Waals surface area (Å²) < 4.78 is 28.9. The fourth-order valence-electron chi connectivity index (χ4n) is 6.92. The molecule has 0 aromatic heterocycles. The molecule has 1 aliphatic heterocycles. The molecule has 0 bridgehead atoms. The number of unbranched alkanes of at least 4 members (excludes halogenated alkanes) is 2. The molecular formula is C35H56N3O4S+. The molecule has 8 heteroatoms. The standard InChI is InChI=1S/C35H55N3O4S/c1-8-13-22-35(9-2)26-43(41,42)31-21-20-29(37(6)7)25-30(31)33(34(35)40)27-17-16-18-28(24-27)36-32(39)19-14-15-23-38(10-3,11-4)12-5/h16-18,20-21,24-25,33-34,40H,8-15,19,22-23,26H2,1-7H3/p+1/t33-,34-,35-/m1/s1. The zero-order chi connectivity index (χ0) is 31.8. The number of benzene rings is 2. The molecule has 0 saturated carbocycles. The number of carbonyl (C=O) groups excluding carboxylic acids is 1. The van der Waals surface area contributed by atoms with E-state index in [0.717, 1.165) is 67.6 Å². The number of aliphatic hydroxyl groups is 1. The molecule has 7 nitrogen and oxygen atoms in total. The van der Waals surface area contributed by atoms with E-state index in [1.165, 1.54) is 0 Å². The van der Waals surface area contributed by atoms with Crippen molar-refractivity contribution in [1.29, 1.82) is 0 Å². The van der Waals surface area contributed by atoms with Crippen molar-refractivity contribution in [2.75, 3.05) is 56.2 Å². The van der Waals surface area contributed by atoms with Crippen LogP contribution >= 0.6 is 0 Å². The Hall–Kier alpha value is -2.42. The second-order valence-electron chi connectivity index (χ2n) is 12.8. The van der Waals surface area contributed by atoms with Gasteiger partial charge in [-0.1, -0.05) is 38.8 Å². The number of carbonyl (C=O) groups is 1. The highest BCUT2D eigenvalue weighted by Gasteiger charge is 2.49. The Labute approximate surface area is 261 Å². The number of hydrogen-bond acceptors (Lipinski definition) is 5. The number of aliphatic hydroxyl groups excluding tert-OH is 1. The molecule has 0 saturated heterocycles. The minimum Gasteiger partial charge on any atom is -0.392 e. The van der Waals surface area contributed by atoms with E-state index in [4.69, 9.17) is 0 Å². The van der Waals surface area contributed by atoms with Gasteiger partial charge in [0.2, 0.25) is 5.91 Å². The molecule has 1 aliphatic rings. The van der Waals surface area contributed by atoms with Crippen LogP contribution in [0.2, 0.25) is 0 Å². The highest BCUT2D eigenvalue weighted by Crippen LogP contribution is 2.49. The largest absolute Gasteiger partial charge is 0.392 e. The van der Waals surface area contributed by atoms with E-state index in [1.807, 2.05) is 62.3 Å². The van der Waals surface area contributed by atoms with Crippen LogP contribution in [0.1, 0.15) is 96.6 Å². The summed E-state index contributed by atoms with van der Waals surface area (Å²) in [4.78, 5) is 15.2. The molecule has 2 N–H and O–H groups in total. The first-order valence-corrected chi connectivity index (χ1v) is 18.0. The molecule has 0 aliphatic carbocycles. The minimum absolute atomic E-state index is 0.0233. The predicted octanol–water partition coefficient (Wildman–Crippen LogP) is 6.60. The van der Waals surface area contributed by atoms with Crippen molar-refractivity contribution in [3.8, 4) is 0 Å². The van der Waals surface area contributed by atoms with Gasteiger partial charge in [0.1, 0.15) is 0 Å². The summed E-state index contributed by atoms with van der Waals surface area (Å²) in [5.41, 5.74) is 2.20. The van der Waals surface area contributed by atoms with Crippen molar-refractivity contribution >= 4 is 27.1 Å². The van der Waals surface area contributed by atoms with Crippen LogP contribution in [0.25, 0.3) is 0 Å². The SMILES string of the molecule is CCCC[C@]1(CC)CS(=O)(=O)c2ccc(N(C)C)cc2[C@@H](c2cccc(NC(=O)CCCC[N+](CC)(CC)CC)c2)[C@H]1O. The van der Waals surface area contributed by atoms with E-state index >= 15 is 0 Å². The number of amides is 1. The molecule has 2 aromatic rings. The van der Waals surface area contributed by atoms with E-state index in [0.29, 0.717) is 35.4 Å². The summed E-state index contributed by atoms with van der Waals surface area (Å²) in [6.45, 7) is 15.2. The van der Waals surface area contributed by atoms with Gasteiger partial charge in [-0.05, 0) is 87.9 Å². The molecule has 1 amide bonds. The molecule has 3 rings (SSSR count). The van der Waals surface area contributed by atoms with Gasteiger partial charge in [0.25, 0.3) is 0 Å². The Morgan fingerprint density at radius 3 is 2.30 bits per heavy atom. The zero-order valence-corrected chi connectivity index (χ0v) is 28.5. The second-order valence-corrected chi connectivity index (χ2v) is 14.7. The fraction of sp³-hybridized carbons (Fsp3) is 0.629. The van der Waals surface area contributed by atoms with Gasteiger partial charge in [0.05, 0.1) is 42.9 Å². The normalized spacial score (nSPS) is 21.6. The van der Waals surface area contributed by atoms with Gasteiger partial charge in [0.15, 0.2) is 9.84 Å². The average molecular weight is 615 g/mol. The van der Waals surface area contributed by atoms with Crippen LogP contribution in [0.15, 0.2) is 47.4 Å². The number of nitrogens with one attached hydrogen (secondary N) is 1. The van der Waals surface area contributed by atoms with E-state index in [1.54, 1.807) is 6.07 Å². The van der Waals surface area contributed by atoms with Crippen molar-refractivity contribution in [1.82, 2.24) is 0 Å². The molecule has 43 heavy (non-hydrogen) atoms. The molecule has 0 fully saturated rings. The van der Waals surface area contributed by atoms with Crippen molar-refractivity contribution in [3.63, 3.8) is 0 Å². The smallest absolute Gasteiger partial charge is 0.224 e. The maximum Gasteiger partial charge on any atom is 0.224 e. The lowest BCUT2D eigenvalue weighted by Crippen LogP contribution is -2.48. The van der Waals surface area contributed by atoms with E-state index in [9.17, 15) is 18.3 Å². The van der Waals surface area contributed by atoms with Gasteiger partial charge >= 0.3 is 0 Å². The molecule has 0 radical (unpaired) electrons. The quantitative estimate of drug-likeness (QED) is 0.174. The first-order valence-electron chi connectivity index (χ1n) is 16.4. The number of fused-ring (bicyclic) bond motifs is 1. The maximum absolute atomic E-state index is 13.9. The van der Waals surface area contributed by atoms with Gasteiger partial charge < -0.3 is 19.8 Å². The summed E-state index contributed by atoms with van der Waals surface area (Å²) in [7, 11) is 0.204. The van der Waals surface area contributed by atoms with Crippen LogP contribution in [0, 0.1) is 5.41 Å². The van der Waals surface area contributed by atoms with Gasteiger partial charge in [-0.2, -0.15) is 0 Å². The van der Waals surface area contributed by atoms with Crippen LogP contribution in [0.3, 0.4) is 0 Å². The van der Waals surface area contributed by atoms with Crippen LogP contribution < -0.4 is 10.2 Å². The lowest BCUT2D eigenvalue weighted by molar-refractivity contribution is -0.923. The third-order valence-corrected chi connectivity index (χ3v) is 12.2. The Morgan fingerprint density at radius 2 is 1.70 bits per heavy atom. The zero-order valence-electron chi connectivity index (χ0n) is 27.7. The summed E-state index contributed by atoms with van der Waals surface area (Å²) in [6, 6.07) is 13.1. The van der Waals surface area contributed by atoms with Crippen LogP contribution in [-0.2, 0) is 14.6 Å². The number of nitrogens with zero attached hydrogens (tertiary/aromatic N) is 2. The maximum atomic E-state index is 13.9. The summed E-state index contributed by atoms with van der Waals surface area (Å²) in [5.74, 6) is -0.652. The number of sulfone groups is 1. The van der Waals surface area contributed by atoms with Crippen LogP contribution in [0.4, 0.5) is 11.4 Å². The number of quaternary nitrogens is 1. The average Bonchev–Trinajstić information content (AvgIpc) is 3.06. The first kappa shape index (κ1) is 35.1. The number of rotatable bonds is 15. The van der Waals surface area contributed by atoms with Crippen molar-refractivity contribution in [3.05, 3.63) is 53.6 Å². The van der Waals surface area contributed by atoms with Gasteiger partial charge in [-0.3, -0.25) is 4.79 Å². The lowest BCUT2D eigenvalue weighted by Gasteiger charge is -2.39. The monoisotopic (exact) mass is 614 g/mol. The van der Waals surface area contributed by atoms with E-state index < -0.39 is 27.3 Å². The molecule has 0 unspecified atom stereocenters. The fourth-order valence-corrected chi connectivity index (χ4v) is 9.17. The Morgan fingerprint density at radius 1 is 1.00 bits per heavy atom.